The van der Waals surface area contributed by atoms with Gasteiger partial charge in [0, 0.05) is 72.6 Å². The van der Waals surface area contributed by atoms with Gasteiger partial charge in [0.05, 0.1) is 17.6 Å². The summed E-state index contributed by atoms with van der Waals surface area (Å²) in [5.74, 6) is 1.66. The molecule has 1 saturated carbocycles. The number of hydrogen-bond acceptors (Lipinski definition) is 7. The number of hydrogen-bond donors (Lipinski definition) is 3. The summed E-state index contributed by atoms with van der Waals surface area (Å²) in [6, 6.07) is 14.5. The summed E-state index contributed by atoms with van der Waals surface area (Å²) in [4.78, 5) is 32.2. The van der Waals surface area contributed by atoms with Gasteiger partial charge >= 0.3 is 0 Å². The van der Waals surface area contributed by atoms with Gasteiger partial charge in [-0.05, 0) is 51.0 Å². The molecular formula is C35H44N10O. The van der Waals surface area contributed by atoms with Gasteiger partial charge in [0.25, 0.3) is 0 Å². The molecule has 3 unspecified atom stereocenters. The van der Waals surface area contributed by atoms with Gasteiger partial charge in [0.2, 0.25) is 5.91 Å². The van der Waals surface area contributed by atoms with Crippen molar-refractivity contribution in [1.29, 1.82) is 0 Å². The van der Waals surface area contributed by atoms with Gasteiger partial charge in [-0.1, -0.05) is 43.3 Å². The predicted octanol–water partition coefficient (Wildman–Crippen LogP) is 4.01. The van der Waals surface area contributed by atoms with Crippen molar-refractivity contribution >= 4 is 23.3 Å². The zero-order chi connectivity index (χ0) is 31.8. The molecule has 0 bridgehead atoms. The van der Waals surface area contributed by atoms with Crippen LogP contribution in [0, 0.1) is 0 Å². The van der Waals surface area contributed by atoms with Crippen molar-refractivity contribution in [3.8, 4) is 22.4 Å². The number of aromatic nitrogens is 4. The summed E-state index contributed by atoms with van der Waals surface area (Å²) < 4.78 is 1.79. The molecule has 2 saturated heterocycles. The second kappa shape index (κ2) is 12.7. The van der Waals surface area contributed by atoms with Crippen LogP contribution in [-0.4, -0.2) is 86.1 Å². The van der Waals surface area contributed by atoms with Crippen LogP contribution in [0.2, 0.25) is 0 Å². The summed E-state index contributed by atoms with van der Waals surface area (Å²) >= 11 is 0. The summed E-state index contributed by atoms with van der Waals surface area (Å²) in [6.07, 6.45) is 8.68. The minimum absolute atomic E-state index is 0.0372. The van der Waals surface area contributed by atoms with E-state index in [0.717, 1.165) is 97.6 Å². The van der Waals surface area contributed by atoms with E-state index in [9.17, 15) is 4.79 Å². The average Bonchev–Trinajstić information content (AvgIpc) is 3.73. The van der Waals surface area contributed by atoms with Crippen molar-refractivity contribution in [3.05, 3.63) is 66.1 Å². The van der Waals surface area contributed by atoms with E-state index in [1.54, 1.807) is 4.52 Å². The van der Waals surface area contributed by atoms with E-state index in [4.69, 9.17) is 21.4 Å². The quantitative estimate of drug-likeness (QED) is 0.198. The van der Waals surface area contributed by atoms with E-state index >= 15 is 0 Å². The minimum Gasteiger partial charge on any atom is -0.383 e. The Balaban J connectivity index is 1.14. The highest BCUT2D eigenvalue weighted by molar-refractivity contribution is 5.85. The van der Waals surface area contributed by atoms with E-state index in [0.29, 0.717) is 17.7 Å². The van der Waals surface area contributed by atoms with Crippen molar-refractivity contribution < 1.29 is 4.79 Å². The van der Waals surface area contributed by atoms with Gasteiger partial charge in [-0.25, -0.2) is 9.98 Å². The molecule has 240 valence electrons. The number of guanidine groups is 1. The Morgan fingerprint density at radius 2 is 1.83 bits per heavy atom. The van der Waals surface area contributed by atoms with E-state index in [1.165, 1.54) is 0 Å². The third kappa shape index (κ3) is 5.91. The van der Waals surface area contributed by atoms with Crippen LogP contribution in [-0.2, 0) is 4.79 Å². The van der Waals surface area contributed by atoms with Crippen LogP contribution in [0.3, 0.4) is 0 Å². The van der Waals surface area contributed by atoms with Gasteiger partial charge in [-0.15, -0.1) is 0 Å². The zero-order valence-corrected chi connectivity index (χ0v) is 26.8. The third-order valence-electron chi connectivity index (χ3n) is 9.86. The number of rotatable bonds is 8. The third-order valence-corrected chi connectivity index (χ3v) is 9.86. The first kappa shape index (κ1) is 30.2. The number of piperazine rings is 1. The lowest BCUT2D eigenvalue weighted by atomic mass is 9.92. The molecule has 0 spiro atoms. The first-order valence-corrected chi connectivity index (χ1v) is 16.6. The Bertz CT molecular complexity index is 1720. The molecule has 46 heavy (non-hydrogen) atoms. The Morgan fingerprint density at radius 3 is 2.54 bits per heavy atom. The number of aliphatic imine (C=N–C) groups is 1. The highest BCUT2D eigenvalue weighted by Crippen LogP contribution is 2.47. The second-order valence-electron chi connectivity index (χ2n) is 13.1. The summed E-state index contributed by atoms with van der Waals surface area (Å²) in [7, 11) is 0. The van der Waals surface area contributed by atoms with Gasteiger partial charge < -0.3 is 26.6 Å². The van der Waals surface area contributed by atoms with Gasteiger partial charge in [-0.3, -0.25) is 9.78 Å². The minimum atomic E-state index is 0.0372. The molecule has 3 aromatic heterocycles. The number of likely N-dealkylation sites (tertiary alicyclic amines) is 1. The molecular weight excluding hydrogens is 576 g/mol. The molecule has 5 heterocycles. The smallest absolute Gasteiger partial charge is 0.244 e. The number of fused-ring (bicyclic) bond motifs is 1. The van der Waals surface area contributed by atoms with Crippen LogP contribution in [0.1, 0.15) is 69.0 Å². The molecule has 3 atom stereocenters. The lowest BCUT2D eigenvalue weighted by Gasteiger charge is -2.31. The number of amides is 1. The lowest BCUT2D eigenvalue weighted by Crippen LogP contribution is -2.49. The van der Waals surface area contributed by atoms with Crippen LogP contribution in [0.5, 0.6) is 0 Å². The number of benzene rings is 1. The van der Waals surface area contributed by atoms with Crippen molar-refractivity contribution in [3.63, 3.8) is 0 Å². The maximum atomic E-state index is 13.5. The van der Waals surface area contributed by atoms with E-state index in [1.807, 2.05) is 46.5 Å². The first-order chi connectivity index (χ1) is 22.4. The monoisotopic (exact) mass is 620 g/mol. The van der Waals surface area contributed by atoms with Gasteiger partial charge in [0.15, 0.2) is 11.6 Å². The zero-order valence-electron chi connectivity index (χ0n) is 26.8. The SMILES string of the molecule is CC(CC1CCC(C)N1C(=O)CN=C(N)N1CCNCC1)c1nc2c(-c3ccc(-c4ccccc4)nc3)cnn2c(N)c1C1CC1. The molecule has 11 nitrogen and oxygen atoms in total. The fourth-order valence-electron chi connectivity index (χ4n) is 7.24. The van der Waals surface area contributed by atoms with Crippen molar-refractivity contribution in [2.75, 3.05) is 38.5 Å². The second-order valence-corrected chi connectivity index (χ2v) is 13.1. The van der Waals surface area contributed by atoms with Crippen molar-refractivity contribution in [2.45, 2.75) is 69.9 Å². The first-order valence-electron chi connectivity index (χ1n) is 16.6. The molecule has 1 amide bonds. The molecule has 1 aromatic carbocycles. The number of carbonyl (C=O) groups excluding carboxylic acids is 1. The Hall–Kier alpha value is -4.51. The maximum Gasteiger partial charge on any atom is 0.244 e. The van der Waals surface area contributed by atoms with Crippen LogP contribution in [0.15, 0.2) is 59.9 Å². The van der Waals surface area contributed by atoms with Crippen LogP contribution >= 0.6 is 0 Å². The molecule has 4 aromatic rings. The topological polar surface area (TPSA) is 143 Å². The van der Waals surface area contributed by atoms with Crippen molar-refractivity contribution in [2.24, 2.45) is 10.7 Å². The molecule has 2 aliphatic heterocycles. The molecule has 0 radical (unpaired) electrons. The van der Waals surface area contributed by atoms with E-state index in [2.05, 4.69) is 47.5 Å². The van der Waals surface area contributed by atoms with E-state index in [-0.39, 0.29) is 30.5 Å². The number of nitrogen functional groups attached to an aromatic ring is 1. The lowest BCUT2D eigenvalue weighted by molar-refractivity contribution is -0.132. The standard InChI is InChI=1S/C35H44N10O/c1-22(18-27-12-8-23(2)44(27)30(46)21-40-35(37)43-16-14-38-15-17-43)32-31(25-9-10-25)33(36)45-34(42-32)28(20-41-45)26-11-13-29(39-19-26)24-6-4-3-5-7-24/h3-7,11,13,19-20,22-23,25,27,38H,8-10,12,14-18,21,36H2,1-2H3,(H2,37,40). The largest absolute Gasteiger partial charge is 0.383 e. The molecule has 3 fully saturated rings. The Kier molecular flexibility index (Phi) is 8.33. The summed E-state index contributed by atoms with van der Waals surface area (Å²) in [6.45, 7) is 7.80. The van der Waals surface area contributed by atoms with Gasteiger partial charge in [0.1, 0.15) is 12.4 Å². The predicted molar refractivity (Wildman–Crippen MR) is 181 cm³/mol. The number of anilines is 1. The van der Waals surface area contributed by atoms with Crippen molar-refractivity contribution in [1.82, 2.24) is 34.7 Å². The van der Waals surface area contributed by atoms with Gasteiger partial charge in [-0.2, -0.15) is 9.61 Å². The van der Waals surface area contributed by atoms with Crippen LogP contribution in [0.25, 0.3) is 28.0 Å². The normalized spacial score (nSPS) is 21.2. The van der Waals surface area contributed by atoms with Crippen LogP contribution < -0.4 is 16.8 Å². The maximum absolute atomic E-state index is 13.5. The molecule has 11 heteroatoms. The summed E-state index contributed by atoms with van der Waals surface area (Å²) in [5, 5.41) is 8.00. The average molecular weight is 621 g/mol. The molecule has 3 aliphatic rings. The number of nitrogens with zero attached hydrogens (tertiary/aromatic N) is 7. The molecule has 7 rings (SSSR count). The van der Waals surface area contributed by atoms with E-state index < -0.39 is 0 Å². The van der Waals surface area contributed by atoms with Crippen LogP contribution in [0.4, 0.5) is 5.82 Å². The fourth-order valence-corrected chi connectivity index (χ4v) is 7.24. The summed E-state index contributed by atoms with van der Waals surface area (Å²) in [5.41, 5.74) is 19.8. The number of pyridine rings is 1. The number of nitrogens with one attached hydrogen (secondary N) is 1. The highest BCUT2D eigenvalue weighted by atomic mass is 16.2. The molecule has 1 aliphatic carbocycles. The number of nitrogens with two attached hydrogens (primary N) is 2. The number of carbonyl (C=O) groups is 1. The Labute approximate surface area is 270 Å². The molecule has 5 N–H and O–H groups in total. The highest BCUT2D eigenvalue weighted by Gasteiger charge is 2.38. The Morgan fingerprint density at radius 1 is 1.04 bits per heavy atom. The fraction of sp³-hybridized carbons (Fsp3) is 0.457.